The zero-order valence-electron chi connectivity index (χ0n) is 16.8. The Morgan fingerprint density at radius 1 is 1.10 bits per heavy atom. The number of amides is 4. The highest BCUT2D eigenvalue weighted by Crippen LogP contribution is 2.30. The molecule has 8 heteroatoms. The van der Waals surface area contributed by atoms with Gasteiger partial charge in [0.15, 0.2) is 11.5 Å². The van der Waals surface area contributed by atoms with Crippen molar-refractivity contribution in [1.29, 1.82) is 0 Å². The fourth-order valence-electron chi connectivity index (χ4n) is 3.50. The number of fused-ring (bicyclic) bond motifs is 1. The van der Waals surface area contributed by atoms with Crippen LogP contribution < -0.4 is 19.7 Å². The first-order valence-corrected chi connectivity index (χ1v) is 9.80. The summed E-state index contributed by atoms with van der Waals surface area (Å²) in [5.74, 6) is 0.452. The van der Waals surface area contributed by atoms with Crippen LogP contribution >= 0.6 is 0 Å². The average molecular weight is 409 g/mol. The monoisotopic (exact) mass is 409 g/mol. The first-order chi connectivity index (χ1) is 14.4. The number of urea groups is 1. The van der Waals surface area contributed by atoms with Crippen molar-refractivity contribution in [2.24, 2.45) is 0 Å². The quantitative estimate of drug-likeness (QED) is 0.765. The van der Waals surface area contributed by atoms with E-state index in [1.807, 2.05) is 37.3 Å². The topological polar surface area (TPSA) is 88.2 Å². The number of carbonyl (C=O) groups is 3. The van der Waals surface area contributed by atoms with Gasteiger partial charge in [-0.05, 0) is 38.1 Å². The molecule has 0 saturated carbocycles. The summed E-state index contributed by atoms with van der Waals surface area (Å²) in [6, 6.07) is 13.5. The van der Waals surface area contributed by atoms with Gasteiger partial charge in [-0.3, -0.25) is 19.4 Å². The fourth-order valence-corrected chi connectivity index (χ4v) is 3.50. The molecule has 4 rings (SSSR count). The fraction of sp³-hybridized carbons (Fsp3) is 0.318. The van der Waals surface area contributed by atoms with Crippen molar-refractivity contribution in [1.82, 2.24) is 10.2 Å². The lowest BCUT2D eigenvalue weighted by Gasteiger charge is -2.26. The molecule has 4 amide bonds. The third-order valence-corrected chi connectivity index (χ3v) is 5.16. The summed E-state index contributed by atoms with van der Waals surface area (Å²) in [5, 5.41) is 2.72. The van der Waals surface area contributed by atoms with Crippen molar-refractivity contribution < 1.29 is 23.9 Å². The summed E-state index contributed by atoms with van der Waals surface area (Å²) in [6.45, 7) is 3.77. The van der Waals surface area contributed by atoms with Gasteiger partial charge in [0.05, 0.1) is 6.54 Å². The van der Waals surface area contributed by atoms with E-state index in [1.54, 1.807) is 25.1 Å². The molecule has 1 saturated heterocycles. The number of nitrogens with zero attached hydrogens (tertiary/aromatic N) is 2. The summed E-state index contributed by atoms with van der Waals surface area (Å²) < 4.78 is 11.4. The van der Waals surface area contributed by atoms with Gasteiger partial charge >= 0.3 is 6.03 Å². The lowest BCUT2D eigenvalue weighted by molar-refractivity contribution is -0.132. The van der Waals surface area contributed by atoms with Gasteiger partial charge in [0, 0.05) is 5.69 Å². The van der Waals surface area contributed by atoms with Crippen molar-refractivity contribution in [3.8, 4) is 11.5 Å². The van der Waals surface area contributed by atoms with E-state index >= 15 is 0 Å². The molecule has 1 N–H and O–H groups in total. The van der Waals surface area contributed by atoms with E-state index in [0.29, 0.717) is 23.8 Å². The Bertz CT molecular complexity index is 975. The van der Waals surface area contributed by atoms with E-state index in [-0.39, 0.29) is 19.2 Å². The van der Waals surface area contributed by atoms with Gasteiger partial charge in [-0.15, -0.1) is 0 Å². The molecule has 8 nitrogen and oxygen atoms in total. The molecule has 2 aromatic carbocycles. The van der Waals surface area contributed by atoms with Gasteiger partial charge in [-0.1, -0.05) is 29.8 Å². The van der Waals surface area contributed by atoms with Gasteiger partial charge in [0.1, 0.15) is 25.3 Å². The molecule has 30 heavy (non-hydrogen) atoms. The number of ether oxygens (including phenoxy) is 2. The first kappa shape index (κ1) is 19.8. The number of hydrogen-bond acceptors (Lipinski definition) is 5. The molecule has 0 radical (unpaired) electrons. The van der Waals surface area contributed by atoms with Crippen LogP contribution in [0.1, 0.15) is 12.5 Å². The lowest BCUT2D eigenvalue weighted by atomic mass is 10.2. The highest BCUT2D eigenvalue weighted by atomic mass is 16.6. The Morgan fingerprint density at radius 3 is 2.53 bits per heavy atom. The molecule has 2 aliphatic rings. The number of para-hydroxylation sites is 2. The molecule has 2 atom stereocenters. The molecule has 2 aliphatic heterocycles. The predicted molar refractivity (Wildman–Crippen MR) is 110 cm³/mol. The number of rotatable bonds is 5. The molecule has 0 aliphatic carbocycles. The van der Waals surface area contributed by atoms with Crippen LogP contribution in [0, 0.1) is 6.92 Å². The van der Waals surface area contributed by atoms with Crippen LogP contribution in [0.15, 0.2) is 48.5 Å². The minimum absolute atomic E-state index is 0.209. The third kappa shape index (κ3) is 3.80. The highest BCUT2D eigenvalue weighted by molar-refractivity contribution is 6.15. The van der Waals surface area contributed by atoms with Crippen LogP contribution in [0.2, 0.25) is 0 Å². The molecular formula is C22H23N3O5. The van der Waals surface area contributed by atoms with Crippen molar-refractivity contribution in [3.63, 3.8) is 0 Å². The predicted octanol–water partition coefficient (Wildman–Crippen LogP) is 2.11. The van der Waals surface area contributed by atoms with Crippen LogP contribution in [-0.4, -0.2) is 54.6 Å². The second kappa shape index (κ2) is 8.06. The summed E-state index contributed by atoms with van der Waals surface area (Å²) in [4.78, 5) is 40.2. The van der Waals surface area contributed by atoms with Crippen molar-refractivity contribution in [3.05, 3.63) is 54.1 Å². The van der Waals surface area contributed by atoms with Crippen LogP contribution in [0.3, 0.4) is 0 Å². The summed E-state index contributed by atoms with van der Waals surface area (Å²) in [7, 11) is 0. The minimum Gasteiger partial charge on any atom is -0.486 e. The molecule has 0 spiro atoms. The van der Waals surface area contributed by atoms with E-state index in [1.165, 1.54) is 4.90 Å². The summed E-state index contributed by atoms with van der Waals surface area (Å²) in [6.07, 6.45) is -0.350. The Morgan fingerprint density at radius 2 is 1.80 bits per heavy atom. The number of carbonyl (C=O) groups excluding carboxylic acids is 3. The van der Waals surface area contributed by atoms with Crippen molar-refractivity contribution in [2.45, 2.75) is 26.0 Å². The van der Waals surface area contributed by atoms with Gasteiger partial charge in [0.2, 0.25) is 5.91 Å². The molecule has 0 bridgehead atoms. The molecule has 0 aromatic heterocycles. The number of nitrogens with one attached hydrogen (secondary N) is 1. The van der Waals surface area contributed by atoms with E-state index in [9.17, 15) is 14.4 Å². The third-order valence-electron chi connectivity index (χ3n) is 5.16. The molecule has 156 valence electrons. The zero-order valence-corrected chi connectivity index (χ0v) is 16.8. The number of imide groups is 1. The zero-order chi connectivity index (χ0) is 21.3. The average Bonchev–Trinajstić information content (AvgIpc) is 2.96. The molecule has 0 unspecified atom stereocenters. The Hall–Kier alpha value is -3.55. The second-order valence-electron chi connectivity index (χ2n) is 7.39. The first-order valence-electron chi connectivity index (χ1n) is 9.80. The van der Waals surface area contributed by atoms with E-state index in [2.05, 4.69) is 5.32 Å². The number of anilines is 1. The van der Waals surface area contributed by atoms with Crippen LogP contribution in [0.4, 0.5) is 10.5 Å². The summed E-state index contributed by atoms with van der Waals surface area (Å²) in [5.41, 5.74) is 1.68. The Balaban J connectivity index is 1.34. The lowest BCUT2D eigenvalue weighted by Crippen LogP contribution is -2.46. The standard InChI is InChI=1S/C22H23N3O5/c1-14-7-9-16(10-8-14)25-15(2)21(27)24(22(25)28)12-20(26)23-11-17-13-29-18-5-3-4-6-19(18)30-17/h3-10,15,17H,11-13H2,1-2H3,(H,23,26)/t15-,17+/m0/s1. The maximum atomic E-state index is 12.8. The van der Waals surface area contributed by atoms with Crippen molar-refractivity contribution >= 4 is 23.5 Å². The molecule has 2 aromatic rings. The maximum Gasteiger partial charge on any atom is 0.332 e. The molecule has 1 fully saturated rings. The van der Waals surface area contributed by atoms with E-state index < -0.39 is 23.9 Å². The number of benzene rings is 2. The normalized spacial score (nSPS) is 20.5. The minimum atomic E-state index is -0.667. The Kier molecular flexibility index (Phi) is 5.31. The van der Waals surface area contributed by atoms with Crippen molar-refractivity contribution in [2.75, 3.05) is 24.6 Å². The van der Waals surface area contributed by atoms with Gasteiger partial charge in [-0.25, -0.2) is 4.79 Å². The Labute approximate surface area is 174 Å². The summed E-state index contributed by atoms with van der Waals surface area (Å²) >= 11 is 0. The highest BCUT2D eigenvalue weighted by Gasteiger charge is 2.44. The number of hydrogen-bond donors (Lipinski definition) is 1. The largest absolute Gasteiger partial charge is 0.486 e. The van der Waals surface area contributed by atoms with Gasteiger partial charge in [-0.2, -0.15) is 0 Å². The van der Waals surface area contributed by atoms with Crippen LogP contribution in [-0.2, 0) is 9.59 Å². The smallest absolute Gasteiger partial charge is 0.332 e. The number of aryl methyl sites for hydroxylation is 1. The van der Waals surface area contributed by atoms with Crippen LogP contribution in [0.5, 0.6) is 11.5 Å². The van der Waals surface area contributed by atoms with E-state index in [0.717, 1.165) is 10.5 Å². The van der Waals surface area contributed by atoms with Gasteiger partial charge < -0.3 is 14.8 Å². The molecule has 2 heterocycles. The van der Waals surface area contributed by atoms with E-state index in [4.69, 9.17) is 9.47 Å². The maximum absolute atomic E-state index is 12.8. The van der Waals surface area contributed by atoms with Gasteiger partial charge in [0.25, 0.3) is 5.91 Å². The SMILES string of the molecule is Cc1ccc(N2C(=O)N(CC(=O)NC[C@@H]3COc4ccccc4O3)C(=O)[C@@H]2C)cc1. The second-order valence-corrected chi connectivity index (χ2v) is 7.39. The van der Waals surface area contributed by atoms with Crippen LogP contribution in [0.25, 0.3) is 0 Å². The molecular weight excluding hydrogens is 386 g/mol.